The summed E-state index contributed by atoms with van der Waals surface area (Å²) in [6, 6.07) is 6.18. The molecule has 1 amide bonds. The van der Waals surface area contributed by atoms with E-state index in [1.165, 1.54) is 30.6 Å². The number of esters is 1. The Morgan fingerprint density at radius 3 is 2.51 bits per heavy atom. The fourth-order valence-corrected chi connectivity index (χ4v) is 4.64. The van der Waals surface area contributed by atoms with Crippen LogP contribution in [0.25, 0.3) is 5.76 Å². The van der Waals surface area contributed by atoms with Crippen molar-refractivity contribution in [3.63, 3.8) is 0 Å². The molecule has 1 atom stereocenters. The van der Waals surface area contributed by atoms with Crippen molar-refractivity contribution in [3.05, 3.63) is 94.0 Å². The Morgan fingerprint density at radius 1 is 1.23 bits per heavy atom. The van der Waals surface area contributed by atoms with Gasteiger partial charge >= 0.3 is 11.9 Å². The van der Waals surface area contributed by atoms with Gasteiger partial charge in [-0.3, -0.25) is 24.3 Å². The van der Waals surface area contributed by atoms with E-state index in [9.17, 15) is 23.9 Å². The lowest BCUT2D eigenvalue weighted by Crippen LogP contribution is -2.29. The van der Waals surface area contributed by atoms with E-state index >= 15 is 0 Å². The lowest BCUT2D eigenvalue weighted by molar-refractivity contribution is -0.134. The Kier molecular flexibility index (Phi) is 9.04. The number of pyridine rings is 1. The first-order chi connectivity index (χ1) is 18.5. The number of aliphatic hydroxyl groups is 1. The second-order valence-electron chi connectivity index (χ2n) is 8.24. The largest absolute Gasteiger partial charge is 0.507 e. The minimum atomic E-state index is -1.10. The van der Waals surface area contributed by atoms with Gasteiger partial charge in [0.2, 0.25) is 0 Å². The molecule has 2 N–H and O–H groups in total. The van der Waals surface area contributed by atoms with Crippen molar-refractivity contribution in [3.8, 4) is 0 Å². The van der Waals surface area contributed by atoms with Crippen LogP contribution in [0.3, 0.4) is 0 Å². The van der Waals surface area contributed by atoms with Crippen LogP contribution in [0, 0.1) is 19.7 Å². The number of anilines is 1. The molecular formula is C27H24FN3O7S. The molecule has 4 rings (SSSR count). The fraction of sp³-hybridized carbons (Fsp3) is 0.185. The van der Waals surface area contributed by atoms with E-state index in [1.807, 2.05) is 0 Å². The number of aliphatic carboxylic acids is 1. The maximum atomic E-state index is 14.2. The summed E-state index contributed by atoms with van der Waals surface area (Å²) in [6.45, 7) is 7.73. The molecule has 0 aliphatic carbocycles. The average molecular weight is 554 g/mol. The van der Waals surface area contributed by atoms with Gasteiger partial charge in [0.25, 0.3) is 11.8 Å². The van der Waals surface area contributed by atoms with E-state index in [-0.39, 0.29) is 27.8 Å². The summed E-state index contributed by atoms with van der Waals surface area (Å²) >= 11 is 0.882. The van der Waals surface area contributed by atoms with Gasteiger partial charge in [0.05, 0.1) is 17.3 Å². The standard InChI is InChI=1S/C25H20FN3O5S.C2H4O2/c1-4-10-34-24(33)22-14(3)28-25(35-22)29-19(16-6-5-9-27-12-16)18(21(31)23(29)32)20(30)15-8-7-13(2)17(26)11-15;1-2(3)4/h4-9,11-12,19,30H,1,10H2,2-3H3;1H3,(H,3,4). The molecule has 3 aromatic rings. The van der Waals surface area contributed by atoms with Crippen molar-refractivity contribution in [2.75, 3.05) is 11.5 Å². The predicted octanol–water partition coefficient (Wildman–Crippen LogP) is 4.35. The molecule has 0 spiro atoms. The van der Waals surface area contributed by atoms with Gasteiger partial charge < -0.3 is 14.9 Å². The highest BCUT2D eigenvalue weighted by Crippen LogP contribution is 2.43. The second-order valence-corrected chi connectivity index (χ2v) is 9.21. The van der Waals surface area contributed by atoms with Crippen LogP contribution in [-0.4, -0.2) is 50.4 Å². The third kappa shape index (κ3) is 6.24. The molecule has 1 aliphatic rings. The van der Waals surface area contributed by atoms with E-state index in [0.717, 1.165) is 29.2 Å². The zero-order valence-electron chi connectivity index (χ0n) is 21.2. The quantitative estimate of drug-likeness (QED) is 0.149. The number of halogens is 1. The predicted molar refractivity (Wildman–Crippen MR) is 141 cm³/mol. The summed E-state index contributed by atoms with van der Waals surface area (Å²) in [5.41, 5.74) is 0.898. The molecule has 1 fully saturated rings. The molecular weight excluding hydrogens is 529 g/mol. The van der Waals surface area contributed by atoms with Crippen LogP contribution in [0.15, 0.2) is 61.0 Å². The Morgan fingerprint density at radius 2 is 1.92 bits per heavy atom. The normalized spacial score (nSPS) is 15.9. The average Bonchev–Trinajstić information content (AvgIpc) is 3.40. The second kappa shape index (κ2) is 12.2. The molecule has 39 heavy (non-hydrogen) atoms. The molecule has 202 valence electrons. The molecule has 1 unspecified atom stereocenters. The number of hydrogen-bond donors (Lipinski definition) is 2. The van der Waals surface area contributed by atoms with Gasteiger partial charge in [-0.1, -0.05) is 42.2 Å². The summed E-state index contributed by atoms with van der Waals surface area (Å²) in [6.07, 6.45) is 4.39. The Balaban J connectivity index is 0.000000983. The lowest BCUT2D eigenvalue weighted by atomic mass is 9.96. The number of carboxylic acids is 1. The highest BCUT2D eigenvalue weighted by molar-refractivity contribution is 7.17. The summed E-state index contributed by atoms with van der Waals surface area (Å²) in [5.74, 6) is -4.50. The third-order valence-electron chi connectivity index (χ3n) is 5.40. The lowest BCUT2D eigenvalue weighted by Gasteiger charge is -2.22. The topological polar surface area (TPSA) is 147 Å². The summed E-state index contributed by atoms with van der Waals surface area (Å²) < 4.78 is 19.3. The first-order valence-corrected chi connectivity index (χ1v) is 12.2. The maximum Gasteiger partial charge on any atom is 0.350 e. The van der Waals surface area contributed by atoms with E-state index in [1.54, 1.807) is 26.0 Å². The molecule has 3 heterocycles. The van der Waals surface area contributed by atoms with Gasteiger partial charge in [-0.2, -0.15) is 0 Å². The van der Waals surface area contributed by atoms with Gasteiger partial charge in [-0.05, 0) is 37.1 Å². The van der Waals surface area contributed by atoms with Crippen LogP contribution in [-0.2, 0) is 19.1 Å². The van der Waals surface area contributed by atoms with E-state index in [2.05, 4.69) is 16.5 Å². The van der Waals surface area contributed by atoms with Crippen LogP contribution in [0.4, 0.5) is 9.52 Å². The SMILES string of the molecule is C=CCOC(=O)c1sc(N2C(=O)C(=O)C(=C(O)c3ccc(C)c(F)c3)C2c2cccnc2)nc1C.CC(=O)O. The molecule has 1 saturated heterocycles. The molecule has 12 heteroatoms. The monoisotopic (exact) mass is 553 g/mol. The first-order valence-electron chi connectivity index (χ1n) is 11.4. The third-order valence-corrected chi connectivity index (χ3v) is 6.54. The number of hydrogen-bond acceptors (Lipinski definition) is 9. The molecule has 1 aliphatic heterocycles. The summed E-state index contributed by atoms with van der Waals surface area (Å²) in [4.78, 5) is 57.4. The number of carbonyl (C=O) groups excluding carboxylic acids is 3. The number of amides is 1. The van der Waals surface area contributed by atoms with Gasteiger partial charge in [-0.15, -0.1) is 0 Å². The number of aromatic nitrogens is 2. The number of nitrogens with zero attached hydrogens (tertiary/aromatic N) is 3. The maximum absolute atomic E-state index is 14.2. The number of Topliss-reactive ketones (excluding diaryl/α,β-unsaturated/α-hetero) is 1. The van der Waals surface area contributed by atoms with Crippen LogP contribution in [0.5, 0.6) is 0 Å². The van der Waals surface area contributed by atoms with E-state index in [0.29, 0.717) is 16.8 Å². The number of carbonyl (C=O) groups is 4. The van der Waals surface area contributed by atoms with Crippen molar-refractivity contribution in [1.82, 2.24) is 9.97 Å². The van der Waals surface area contributed by atoms with Crippen LogP contribution in [0.2, 0.25) is 0 Å². The first kappa shape index (κ1) is 28.9. The Bertz CT molecular complexity index is 1480. The number of aryl methyl sites for hydroxylation is 2. The molecule has 10 nitrogen and oxygen atoms in total. The van der Waals surface area contributed by atoms with Gasteiger partial charge in [0, 0.05) is 24.9 Å². The number of benzene rings is 1. The number of aliphatic hydroxyl groups excluding tert-OH is 1. The highest BCUT2D eigenvalue weighted by atomic mass is 32.1. The Labute approximate surface area is 226 Å². The number of carboxylic acid groups (broad SMARTS) is 1. The number of thiazole rings is 1. The van der Waals surface area contributed by atoms with Crippen LogP contribution in [0.1, 0.15) is 45.0 Å². The van der Waals surface area contributed by atoms with Gasteiger partial charge in [0.1, 0.15) is 23.1 Å². The summed E-state index contributed by atoms with van der Waals surface area (Å²) in [7, 11) is 0. The van der Waals surface area contributed by atoms with Crippen molar-refractivity contribution in [1.29, 1.82) is 0 Å². The number of ketones is 1. The Hall–Kier alpha value is -4.71. The van der Waals surface area contributed by atoms with Crippen LogP contribution >= 0.6 is 11.3 Å². The fourth-order valence-electron chi connectivity index (χ4n) is 3.65. The van der Waals surface area contributed by atoms with Crippen molar-refractivity contribution in [2.45, 2.75) is 26.8 Å². The minimum absolute atomic E-state index is 0.00118. The minimum Gasteiger partial charge on any atom is -0.507 e. The molecule has 0 radical (unpaired) electrons. The van der Waals surface area contributed by atoms with Gasteiger partial charge in [0.15, 0.2) is 5.13 Å². The van der Waals surface area contributed by atoms with Crippen LogP contribution < -0.4 is 4.90 Å². The van der Waals surface area contributed by atoms with E-state index < -0.39 is 41.2 Å². The summed E-state index contributed by atoms with van der Waals surface area (Å²) in [5, 5.41) is 18.5. The molecule has 0 bridgehead atoms. The zero-order chi connectivity index (χ0) is 28.9. The van der Waals surface area contributed by atoms with Gasteiger partial charge in [-0.25, -0.2) is 14.2 Å². The molecule has 0 saturated carbocycles. The number of rotatable bonds is 6. The van der Waals surface area contributed by atoms with E-state index in [4.69, 9.17) is 14.6 Å². The smallest absolute Gasteiger partial charge is 0.350 e. The van der Waals surface area contributed by atoms with Crippen molar-refractivity contribution in [2.24, 2.45) is 0 Å². The molecule has 2 aromatic heterocycles. The highest BCUT2D eigenvalue weighted by Gasteiger charge is 2.48. The zero-order valence-corrected chi connectivity index (χ0v) is 22.0. The molecule has 1 aromatic carbocycles. The van der Waals surface area contributed by atoms with Crippen molar-refractivity contribution < 1.29 is 38.5 Å². The van der Waals surface area contributed by atoms with Crippen molar-refractivity contribution >= 4 is 45.9 Å². The number of ether oxygens (including phenoxy) is 1.